The maximum atomic E-state index is 10.9. The van der Waals surface area contributed by atoms with Gasteiger partial charge >= 0.3 is 5.97 Å². The second kappa shape index (κ2) is 4.56. The van der Waals surface area contributed by atoms with Crippen molar-refractivity contribution in [3.63, 3.8) is 0 Å². The SMILES string of the molecule is O=Cc1cn(CC(=O)O)nc1-c1ccncc1. The molecular weight excluding hydrogens is 222 g/mol. The number of carbonyl (C=O) groups excluding carboxylic acids is 1. The standard InChI is InChI=1S/C11H9N3O3/c15-7-9-5-14(6-10(16)17)13-11(9)8-1-3-12-4-2-8/h1-5,7H,6H2,(H,16,17). The summed E-state index contributed by atoms with van der Waals surface area (Å²) in [7, 11) is 0. The van der Waals surface area contributed by atoms with E-state index in [-0.39, 0.29) is 6.54 Å². The first kappa shape index (κ1) is 11.0. The normalized spacial score (nSPS) is 10.1. The van der Waals surface area contributed by atoms with Crippen molar-refractivity contribution in [2.24, 2.45) is 0 Å². The highest BCUT2D eigenvalue weighted by Crippen LogP contribution is 2.19. The predicted molar refractivity (Wildman–Crippen MR) is 58.5 cm³/mol. The van der Waals surface area contributed by atoms with Crippen LogP contribution in [0.2, 0.25) is 0 Å². The second-order valence-corrected chi connectivity index (χ2v) is 3.38. The molecule has 86 valence electrons. The van der Waals surface area contributed by atoms with E-state index in [2.05, 4.69) is 10.1 Å². The summed E-state index contributed by atoms with van der Waals surface area (Å²) >= 11 is 0. The molecule has 2 rings (SSSR count). The van der Waals surface area contributed by atoms with Crippen LogP contribution in [-0.2, 0) is 11.3 Å². The van der Waals surface area contributed by atoms with Gasteiger partial charge in [0.25, 0.3) is 0 Å². The van der Waals surface area contributed by atoms with E-state index in [1.165, 1.54) is 10.9 Å². The molecule has 0 saturated carbocycles. The van der Waals surface area contributed by atoms with Crippen molar-refractivity contribution in [3.05, 3.63) is 36.3 Å². The summed E-state index contributed by atoms with van der Waals surface area (Å²) in [5.74, 6) is -1.01. The summed E-state index contributed by atoms with van der Waals surface area (Å²) in [5, 5.41) is 12.7. The Balaban J connectivity index is 2.43. The lowest BCUT2D eigenvalue weighted by molar-refractivity contribution is -0.137. The Labute approximate surface area is 96.5 Å². The lowest BCUT2D eigenvalue weighted by Crippen LogP contribution is -2.08. The van der Waals surface area contributed by atoms with E-state index in [1.807, 2.05) is 0 Å². The molecule has 0 fully saturated rings. The van der Waals surface area contributed by atoms with Gasteiger partial charge in [0, 0.05) is 24.2 Å². The number of aldehydes is 1. The van der Waals surface area contributed by atoms with Crippen molar-refractivity contribution >= 4 is 12.3 Å². The predicted octanol–water partition coefficient (Wildman–Crippen LogP) is 0.842. The van der Waals surface area contributed by atoms with Gasteiger partial charge in [-0.25, -0.2) is 0 Å². The van der Waals surface area contributed by atoms with Gasteiger partial charge in [0.05, 0.1) is 5.56 Å². The molecule has 0 amide bonds. The highest BCUT2D eigenvalue weighted by Gasteiger charge is 2.11. The number of carbonyl (C=O) groups is 2. The number of hydrogen-bond acceptors (Lipinski definition) is 4. The molecular formula is C11H9N3O3. The maximum Gasteiger partial charge on any atom is 0.325 e. The first-order valence-electron chi connectivity index (χ1n) is 4.85. The summed E-state index contributed by atoms with van der Waals surface area (Å²) in [4.78, 5) is 25.3. The first-order valence-corrected chi connectivity index (χ1v) is 4.85. The molecule has 6 nitrogen and oxygen atoms in total. The summed E-state index contributed by atoms with van der Waals surface area (Å²) < 4.78 is 1.22. The van der Waals surface area contributed by atoms with Gasteiger partial charge in [-0.1, -0.05) is 0 Å². The minimum absolute atomic E-state index is 0.272. The summed E-state index contributed by atoms with van der Waals surface area (Å²) in [6.07, 6.45) is 5.23. The van der Waals surface area contributed by atoms with Crippen LogP contribution in [0.15, 0.2) is 30.7 Å². The molecule has 2 aromatic heterocycles. The minimum atomic E-state index is -1.01. The molecule has 0 atom stereocenters. The fraction of sp³-hybridized carbons (Fsp3) is 0.0909. The largest absolute Gasteiger partial charge is 0.480 e. The molecule has 0 aliphatic carbocycles. The fourth-order valence-corrected chi connectivity index (χ4v) is 1.48. The van der Waals surface area contributed by atoms with Crippen LogP contribution in [0.3, 0.4) is 0 Å². The van der Waals surface area contributed by atoms with Crippen LogP contribution in [0.1, 0.15) is 10.4 Å². The highest BCUT2D eigenvalue weighted by atomic mass is 16.4. The smallest absolute Gasteiger partial charge is 0.325 e. The number of hydrogen-bond donors (Lipinski definition) is 1. The summed E-state index contributed by atoms with van der Waals surface area (Å²) in [6.45, 7) is -0.272. The number of nitrogens with zero attached hydrogens (tertiary/aromatic N) is 3. The Kier molecular flexibility index (Phi) is 2.95. The number of carboxylic acid groups (broad SMARTS) is 1. The molecule has 6 heteroatoms. The molecule has 0 bridgehead atoms. The number of aliphatic carboxylic acids is 1. The van der Waals surface area contributed by atoms with E-state index in [1.54, 1.807) is 24.5 Å². The van der Waals surface area contributed by atoms with Gasteiger partial charge in [-0.15, -0.1) is 0 Å². The van der Waals surface area contributed by atoms with Crippen molar-refractivity contribution < 1.29 is 14.7 Å². The average Bonchev–Trinajstić information content (AvgIpc) is 2.72. The van der Waals surface area contributed by atoms with Gasteiger partial charge in [-0.3, -0.25) is 19.3 Å². The number of rotatable bonds is 4. The van der Waals surface area contributed by atoms with Crippen LogP contribution in [0, 0.1) is 0 Å². The first-order chi connectivity index (χ1) is 8.20. The lowest BCUT2D eigenvalue weighted by atomic mass is 10.1. The summed E-state index contributed by atoms with van der Waals surface area (Å²) in [6, 6.07) is 3.42. The van der Waals surface area contributed by atoms with Crippen molar-refractivity contribution in [1.29, 1.82) is 0 Å². The second-order valence-electron chi connectivity index (χ2n) is 3.38. The maximum absolute atomic E-state index is 10.9. The van der Waals surface area contributed by atoms with Gasteiger partial charge < -0.3 is 5.11 Å². The van der Waals surface area contributed by atoms with E-state index in [9.17, 15) is 9.59 Å². The molecule has 1 N–H and O–H groups in total. The number of pyridine rings is 1. The molecule has 0 aliphatic rings. The number of carboxylic acids is 1. The van der Waals surface area contributed by atoms with Crippen molar-refractivity contribution in [2.45, 2.75) is 6.54 Å². The zero-order valence-electron chi connectivity index (χ0n) is 8.78. The van der Waals surface area contributed by atoms with E-state index in [0.717, 1.165) is 5.56 Å². The van der Waals surface area contributed by atoms with E-state index >= 15 is 0 Å². The van der Waals surface area contributed by atoms with E-state index in [0.29, 0.717) is 17.5 Å². The quantitative estimate of drug-likeness (QED) is 0.788. The Hall–Kier alpha value is -2.50. The Bertz CT molecular complexity index is 548. The monoisotopic (exact) mass is 231 g/mol. The van der Waals surface area contributed by atoms with Crippen molar-refractivity contribution in [2.75, 3.05) is 0 Å². The van der Waals surface area contributed by atoms with Crippen LogP contribution in [0.5, 0.6) is 0 Å². The molecule has 0 aromatic carbocycles. The topological polar surface area (TPSA) is 85.1 Å². The van der Waals surface area contributed by atoms with Gasteiger partial charge in [0.15, 0.2) is 6.29 Å². The molecule has 0 radical (unpaired) electrons. The molecule has 2 heterocycles. The van der Waals surface area contributed by atoms with Crippen molar-refractivity contribution in [1.82, 2.24) is 14.8 Å². The third kappa shape index (κ3) is 2.36. The van der Waals surface area contributed by atoms with E-state index < -0.39 is 5.97 Å². The Morgan fingerprint density at radius 1 is 1.41 bits per heavy atom. The van der Waals surface area contributed by atoms with Crippen LogP contribution in [0.25, 0.3) is 11.3 Å². The lowest BCUT2D eigenvalue weighted by Gasteiger charge is -1.96. The average molecular weight is 231 g/mol. The molecule has 0 saturated heterocycles. The number of aromatic nitrogens is 3. The van der Waals surface area contributed by atoms with Crippen LogP contribution in [0.4, 0.5) is 0 Å². The zero-order valence-corrected chi connectivity index (χ0v) is 8.78. The minimum Gasteiger partial charge on any atom is -0.480 e. The fourth-order valence-electron chi connectivity index (χ4n) is 1.48. The molecule has 0 spiro atoms. The van der Waals surface area contributed by atoms with Gasteiger partial charge in [0.1, 0.15) is 12.2 Å². The molecule has 17 heavy (non-hydrogen) atoms. The highest BCUT2D eigenvalue weighted by molar-refractivity contribution is 5.85. The third-order valence-electron chi connectivity index (χ3n) is 2.17. The third-order valence-corrected chi connectivity index (χ3v) is 2.17. The molecule has 2 aromatic rings. The molecule has 0 aliphatic heterocycles. The zero-order chi connectivity index (χ0) is 12.3. The molecule has 0 unspecified atom stereocenters. The summed E-state index contributed by atoms with van der Waals surface area (Å²) in [5.41, 5.74) is 1.55. The van der Waals surface area contributed by atoms with Crippen molar-refractivity contribution in [3.8, 4) is 11.3 Å². The van der Waals surface area contributed by atoms with Crippen LogP contribution >= 0.6 is 0 Å². The van der Waals surface area contributed by atoms with Gasteiger partial charge in [-0.2, -0.15) is 5.10 Å². The van der Waals surface area contributed by atoms with E-state index in [4.69, 9.17) is 5.11 Å². The Morgan fingerprint density at radius 3 is 2.71 bits per heavy atom. The van der Waals surface area contributed by atoms with Crippen LogP contribution < -0.4 is 0 Å². The van der Waals surface area contributed by atoms with Crippen LogP contribution in [-0.4, -0.2) is 32.1 Å². The van der Waals surface area contributed by atoms with Gasteiger partial charge in [0.2, 0.25) is 0 Å². The van der Waals surface area contributed by atoms with Gasteiger partial charge in [-0.05, 0) is 12.1 Å². The Morgan fingerprint density at radius 2 is 2.12 bits per heavy atom.